The third-order valence-corrected chi connectivity index (χ3v) is 1.95. The van der Waals surface area contributed by atoms with Gasteiger partial charge in [-0.3, -0.25) is 4.79 Å². The summed E-state index contributed by atoms with van der Waals surface area (Å²) in [4.78, 5) is 11.1. The number of hydrogen-bond donors (Lipinski definition) is 0. The minimum atomic E-state index is -0.738. The van der Waals surface area contributed by atoms with Gasteiger partial charge in [-0.05, 0) is 20.2 Å². The molecule has 0 aliphatic carbocycles. The van der Waals surface area contributed by atoms with E-state index in [2.05, 4.69) is 6.92 Å². The lowest BCUT2D eigenvalue weighted by molar-refractivity contribution is -0.141. The quantitative estimate of drug-likeness (QED) is 0.603. The number of hydrogen-bond acceptors (Lipinski definition) is 3. The Hall–Kier alpha value is -0.505. The van der Waals surface area contributed by atoms with Gasteiger partial charge in [-0.2, -0.15) is 0 Å². The maximum absolute atomic E-state index is 11.1. The van der Waals surface area contributed by atoms with Crippen LogP contribution < -0.4 is 0 Å². The molecule has 12 heavy (non-hydrogen) atoms. The highest BCUT2D eigenvalue weighted by atomic mass is 16.7. The van der Waals surface area contributed by atoms with E-state index in [-0.39, 0.29) is 13.1 Å². The second-order valence-electron chi connectivity index (χ2n) is 3.61. The summed E-state index contributed by atoms with van der Waals surface area (Å²) >= 11 is 0. The van der Waals surface area contributed by atoms with Crippen LogP contribution in [0.15, 0.2) is 0 Å². The van der Waals surface area contributed by atoms with E-state index in [0.717, 1.165) is 19.2 Å². The van der Waals surface area contributed by atoms with Gasteiger partial charge >= 0.3 is 13.1 Å². The van der Waals surface area contributed by atoms with Gasteiger partial charge in [-0.1, -0.05) is 19.8 Å². The van der Waals surface area contributed by atoms with Crippen LogP contribution in [0.2, 0.25) is 6.32 Å². The van der Waals surface area contributed by atoms with Gasteiger partial charge in [0.15, 0.2) is 0 Å². The molecule has 0 N–H and O–H groups in total. The SMILES string of the molecule is CCCCB1OC(=O)C(C)(C)O1. The van der Waals surface area contributed by atoms with Crippen LogP contribution in [0.25, 0.3) is 0 Å². The molecule has 0 atom stereocenters. The summed E-state index contributed by atoms with van der Waals surface area (Å²) in [6, 6.07) is 0. The van der Waals surface area contributed by atoms with E-state index in [0.29, 0.717) is 0 Å². The Labute approximate surface area is 73.6 Å². The maximum atomic E-state index is 11.1. The van der Waals surface area contributed by atoms with Crippen molar-refractivity contribution in [1.29, 1.82) is 0 Å². The van der Waals surface area contributed by atoms with Crippen LogP contribution in [-0.4, -0.2) is 18.7 Å². The van der Waals surface area contributed by atoms with Crippen molar-refractivity contribution in [3.8, 4) is 0 Å². The molecule has 0 radical (unpaired) electrons. The molecular formula is C8H15BO3. The van der Waals surface area contributed by atoms with E-state index < -0.39 is 5.60 Å². The molecule has 3 nitrogen and oxygen atoms in total. The molecule has 0 saturated carbocycles. The predicted octanol–water partition coefficient (Wildman–Crippen LogP) is 1.63. The Morgan fingerprint density at radius 1 is 1.50 bits per heavy atom. The summed E-state index contributed by atoms with van der Waals surface area (Å²) in [7, 11) is -0.313. The second-order valence-corrected chi connectivity index (χ2v) is 3.61. The Bertz CT molecular complexity index is 179. The van der Waals surface area contributed by atoms with Gasteiger partial charge in [-0.15, -0.1) is 0 Å². The van der Waals surface area contributed by atoms with Gasteiger partial charge in [0, 0.05) is 0 Å². The lowest BCUT2D eigenvalue weighted by Gasteiger charge is -2.11. The summed E-state index contributed by atoms with van der Waals surface area (Å²) in [5.41, 5.74) is -0.738. The first-order valence-electron chi connectivity index (χ1n) is 4.45. The van der Waals surface area contributed by atoms with E-state index in [1.165, 1.54) is 0 Å². The van der Waals surface area contributed by atoms with Crippen LogP contribution in [-0.2, 0) is 14.1 Å². The van der Waals surface area contributed by atoms with Gasteiger partial charge in [0.2, 0.25) is 0 Å². The molecule has 1 aliphatic rings. The van der Waals surface area contributed by atoms with Crippen LogP contribution in [0.5, 0.6) is 0 Å². The molecule has 0 unspecified atom stereocenters. The summed E-state index contributed by atoms with van der Waals surface area (Å²) in [6.07, 6.45) is 2.94. The lowest BCUT2D eigenvalue weighted by Crippen LogP contribution is -2.28. The standard InChI is InChI=1S/C8H15BO3/c1-4-5-6-9-11-7(10)8(2,3)12-9/h4-6H2,1-3H3. The highest BCUT2D eigenvalue weighted by molar-refractivity contribution is 6.49. The molecule has 0 spiro atoms. The Balaban J connectivity index is 2.39. The topological polar surface area (TPSA) is 35.5 Å². The van der Waals surface area contributed by atoms with Gasteiger partial charge < -0.3 is 9.31 Å². The minimum absolute atomic E-state index is 0.247. The van der Waals surface area contributed by atoms with Crippen LogP contribution >= 0.6 is 0 Å². The van der Waals surface area contributed by atoms with E-state index >= 15 is 0 Å². The van der Waals surface area contributed by atoms with Crippen LogP contribution in [0, 0.1) is 0 Å². The fourth-order valence-corrected chi connectivity index (χ4v) is 1.15. The monoisotopic (exact) mass is 170 g/mol. The number of carbonyl (C=O) groups excluding carboxylic acids is 1. The summed E-state index contributed by atoms with van der Waals surface area (Å²) in [5, 5.41) is 0. The zero-order chi connectivity index (χ0) is 9.19. The van der Waals surface area contributed by atoms with Crippen molar-refractivity contribution < 1.29 is 14.1 Å². The third-order valence-electron chi connectivity index (χ3n) is 1.95. The number of rotatable bonds is 3. The van der Waals surface area contributed by atoms with E-state index in [1.54, 1.807) is 13.8 Å². The largest absolute Gasteiger partial charge is 0.528 e. The first-order chi connectivity index (χ1) is 5.56. The highest BCUT2D eigenvalue weighted by Crippen LogP contribution is 2.24. The molecule has 68 valence electrons. The van der Waals surface area contributed by atoms with E-state index in [1.807, 2.05) is 0 Å². The first-order valence-corrected chi connectivity index (χ1v) is 4.45. The van der Waals surface area contributed by atoms with Crippen LogP contribution in [0.1, 0.15) is 33.6 Å². The van der Waals surface area contributed by atoms with Gasteiger partial charge in [0.05, 0.1) is 0 Å². The van der Waals surface area contributed by atoms with Crippen molar-refractivity contribution in [2.75, 3.05) is 0 Å². The molecule has 0 aromatic rings. The Morgan fingerprint density at radius 2 is 2.17 bits per heavy atom. The Kier molecular flexibility index (Phi) is 2.78. The normalized spacial score (nSPS) is 21.2. The summed E-state index contributed by atoms with van der Waals surface area (Å²) in [6.45, 7) is 5.57. The molecule has 0 bridgehead atoms. The van der Waals surface area contributed by atoms with E-state index in [4.69, 9.17) is 9.31 Å². The molecule has 0 amide bonds. The fraction of sp³-hybridized carbons (Fsp3) is 0.875. The summed E-state index contributed by atoms with van der Waals surface area (Å²) < 4.78 is 10.4. The molecule has 1 fully saturated rings. The van der Waals surface area contributed by atoms with Crippen molar-refractivity contribution in [3.63, 3.8) is 0 Å². The molecular weight excluding hydrogens is 155 g/mol. The molecule has 0 aromatic carbocycles. The molecule has 1 saturated heterocycles. The van der Waals surface area contributed by atoms with Crippen LogP contribution in [0.4, 0.5) is 0 Å². The van der Waals surface area contributed by atoms with Crippen molar-refractivity contribution in [2.24, 2.45) is 0 Å². The highest BCUT2D eigenvalue weighted by Gasteiger charge is 2.45. The van der Waals surface area contributed by atoms with Crippen molar-refractivity contribution >= 4 is 13.1 Å². The summed E-state index contributed by atoms with van der Waals surface area (Å²) in [5.74, 6) is -0.247. The predicted molar refractivity (Wildman–Crippen MR) is 46.7 cm³/mol. The number of carbonyl (C=O) groups is 1. The Morgan fingerprint density at radius 3 is 2.58 bits per heavy atom. The minimum Gasteiger partial charge on any atom is -0.507 e. The van der Waals surface area contributed by atoms with Crippen molar-refractivity contribution in [2.45, 2.75) is 45.5 Å². The molecule has 1 aliphatic heterocycles. The first kappa shape index (κ1) is 9.58. The molecule has 4 heteroatoms. The average Bonchev–Trinajstić information content (AvgIpc) is 2.22. The molecule has 1 heterocycles. The number of unbranched alkanes of at least 4 members (excludes halogenated alkanes) is 1. The lowest BCUT2D eigenvalue weighted by atomic mass is 9.83. The fourth-order valence-electron chi connectivity index (χ4n) is 1.15. The molecule has 1 rings (SSSR count). The third kappa shape index (κ3) is 2.00. The zero-order valence-corrected chi connectivity index (χ0v) is 7.92. The second kappa shape index (κ2) is 3.48. The van der Waals surface area contributed by atoms with Gasteiger partial charge in [0.25, 0.3) is 0 Å². The maximum Gasteiger partial charge on any atom is 0.528 e. The van der Waals surface area contributed by atoms with Crippen molar-refractivity contribution in [3.05, 3.63) is 0 Å². The average molecular weight is 170 g/mol. The van der Waals surface area contributed by atoms with Gasteiger partial charge in [0.1, 0.15) is 5.60 Å². The van der Waals surface area contributed by atoms with Crippen molar-refractivity contribution in [1.82, 2.24) is 0 Å². The van der Waals surface area contributed by atoms with Crippen LogP contribution in [0.3, 0.4) is 0 Å². The molecule has 0 aromatic heterocycles. The van der Waals surface area contributed by atoms with E-state index in [9.17, 15) is 4.79 Å². The van der Waals surface area contributed by atoms with Gasteiger partial charge in [-0.25, -0.2) is 0 Å². The smallest absolute Gasteiger partial charge is 0.507 e. The zero-order valence-electron chi connectivity index (χ0n) is 7.92.